The van der Waals surface area contributed by atoms with Gasteiger partial charge in [0.25, 0.3) is 5.82 Å². The number of rotatable bonds is 5. The summed E-state index contributed by atoms with van der Waals surface area (Å²) >= 11 is 0. The number of aryl methyl sites for hydroxylation is 1. The molecule has 31 heavy (non-hydrogen) atoms. The first-order valence-electron chi connectivity index (χ1n) is 11.3. The number of imidazole rings is 1. The van der Waals surface area contributed by atoms with Crippen molar-refractivity contribution < 1.29 is 4.57 Å². The molecule has 0 unspecified atom stereocenters. The Bertz CT molecular complexity index is 1170. The molecule has 0 spiro atoms. The van der Waals surface area contributed by atoms with Gasteiger partial charge in [-0.1, -0.05) is 88.4 Å². The van der Waals surface area contributed by atoms with E-state index >= 15 is 0 Å². The van der Waals surface area contributed by atoms with Crippen LogP contribution in [0.5, 0.6) is 0 Å². The Balaban J connectivity index is 2.11. The Morgan fingerprint density at radius 2 is 1.29 bits per heavy atom. The van der Waals surface area contributed by atoms with E-state index in [1.807, 2.05) is 0 Å². The van der Waals surface area contributed by atoms with Crippen LogP contribution >= 0.6 is 0 Å². The van der Waals surface area contributed by atoms with E-state index < -0.39 is 0 Å². The summed E-state index contributed by atoms with van der Waals surface area (Å²) in [4.78, 5) is 0. The Kier molecular flexibility index (Phi) is 5.82. The molecule has 0 aliphatic rings. The minimum absolute atomic E-state index is 0.437. The lowest BCUT2D eigenvalue weighted by Crippen LogP contribution is -2.35. The van der Waals surface area contributed by atoms with Crippen LogP contribution in [0.15, 0.2) is 79.0 Å². The molecule has 1 heterocycles. The van der Waals surface area contributed by atoms with Gasteiger partial charge < -0.3 is 0 Å². The highest BCUT2D eigenvalue weighted by Crippen LogP contribution is 2.32. The van der Waals surface area contributed by atoms with Crippen LogP contribution in [0.2, 0.25) is 0 Å². The summed E-state index contributed by atoms with van der Waals surface area (Å²) in [7, 11) is 2.19. The number of aromatic nitrogens is 2. The second-order valence-electron chi connectivity index (χ2n) is 9.04. The monoisotopic (exact) mass is 409 g/mol. The van der Waals surface area contributed by atoms with Gasteiger partial charge in [-0.15, -0.1) is 0 Å². The van der Waals surface area contributed by atoms with Crippen LogP contribution in [-0.2, 0) is 7.05 Å². The van der Waals surface area contributed by atoms with Crippen molar-refractivity contribution in [1.82, 2.24) is 4.57 Å². The van der Waals surface area contributed by atoms with Gasteiger partial charge in [-0.2, -0.15) is 4.57 Å². The van der Waals surface area contributed by atoms with Gasteiger partial charge in [0.1, 0.15) is 11.9 Å². The Morgan fingerprint density at radius 1 is 0.710 bits per heavy atom. The van der Waals surface area contributed by atoms with Crippen LogP contribution in [0.4, 0.5) is 0 Å². The summed E-state index contributed by atoms with van der Waals surface area (Å²) in [5, 5.41) is 0. The zero-order chi connectivity index (χ0) is 22.1. The molecule has 158 valence electrons. The van der Waals surface area contributed by atoms with Crippen molar-refractivity contribution in [3.8, 4) is 28.3 Å². The van der Waals surface area contributed by atoms with E-state index in [-0.39, 0.29) is 0 Å². The lowest BCUT2D eigenvalue weighted by Gasteiger charge is -2.17. The smallest absolute Gasteiger partial charge is 0.225 e. The van der Waals surface area contributed by atoms with Crippen LogP contribution in [0.25, 0.3) is 28.3 Å². The molecule has 0 saturated carbocycles. The van der Waals surface area contributed by atoms with Crippen LogP contribution in [0.1, 0.15) is 56.2 Å². The van der Waals surface area contributed by atoms with Gasteiger partial charge in [-0.25, -0.2) is 4.57 Å². The van der Waals surface area contributed by atoms with E-state index in [0.29, 0.717) is 11.8 Å². The van der Waals surface area contributed by atoms with Crippen LogP contribution in [0, 0.1) is 6.92 Å². The molecule has 1 aromatic heterocycles. The van der Waals surface area contributed by atoms with Crippen molar-refractivity contribution >= 4 is 0 Å². The zero-order valence-corrected chi connectivity index (χ0v) is 19.6. The van der Waals surface area contributed by atoms with Crippen LogP contribution in [0.3, 0.4) is 0 Å². The summed E-state index contributed by atoms with van der Waals surface area (Å²) in [6.07, 6.45) is 2.33. The fourth-order valence-electron chi connectivity index (χ4n) is 4.54. The second kappa shape index (κ2) is 8.55. The van der Waals surface area contributed by atoms with Crippen molar-refractivity contribution in [3.05, 3.63) is 95.7 Å². The van der Waals surface area contributed by atoms with Gasteiger partial charge in [0.2, 0.25) is 0 Å². The van der Waals surface area contributed by atoms with E-state index in [0.717, 1.165) is 0 Å². The Labute approximate surface area is 186 Å². The molecule has 0 aliphatic carbocycles. The fraction of sp³-hybridized carbons (Fsp3) is 0.276. The third-order valence-electron chi connectivity index (χ3n) is 6.19. The third-order valence-corrected chi connectivity index (χ3v) is 6.19. The van der Waals surface area contributed by atoms with Crippen molar-refractivity contribution in [2.45, 2.75) is 46.5 Å². The first-order valence-corrected chi connectivity index (χ1v) is 11.3. The van der Waals surface area contributed by atoms with E-state index in [2.05, 4.69) is 130 Å². The fourth-order valence-corrected chi connectivity index (χ4v) is 4.54. The number of hydrogen-bond acceptors (Lipinski definition) is 0. The highest BCUT2D eigenvalue weighted by molar-refractivity contribution is 5.67. The van der Waals surface area contributed by atoms with Crippen molar-refractivity contribution in [3.63, 3.8) is 0 Å². The normalized spacial score (nSPS) is 11.5. The van der Waals surface area contributed by atoms with Gasteiger partial charge in [-0.3, -0.25) is 0 Å². The molecule has 0 amide bonds. The lowest BCUT2D eigenvalue weighted by atomic mass is 9.92. The summed E-state index contributed by atoms with van der Waals surface area (Å²) in [6, 6.07) is 26.2. The highest BCUT2D eigenvalue weighted by Gasteiger charge is 2.29. The maximum Gasteiger partial charge on any atom is 0.294 e. The summed E-state index contributed by atoms with van der Waals surface area (Å²) in [5.41, 5.74) is 9.10. The van der Waals surface area contributed by atoms with E-state index in [1.54, 1.807) is 0 Å². The lowest BCUT2D eigenvalue weighted by molar-refractivity contribution is -0.584. The van der Waals surface area contributed by atoms with Gasteiger partial charge >= 0.3 is 0 Å². The molecule has 4 rings (SSSR count). The van der Waals surface area contributed by atoms with Gasteiger partial charge in [0, 0.05) is 16.7 Å². The molecular weight excluding hydrogens is 376 g/mol. The Morgan fingerprint density at radius 3 is 1.87 bits per heavy atom. The number of nitrogens with zero attached hydrogens (tertiary/aromatic N) is 2. The molecule has 0 aliphatic heterocycles. The molecule has 0 bridgehead atoms. The Hall–Kier alpha value is -3.13. The van der Waals surface area contributed by atoms with E-state index in [4.69, 9.17) is 0 Å². The standard InChI is InChI=1S/C29H33N2/c1-20(2)24-17-12-18-25(21(3)4)28(24)31-19-27(26-16-11-10-13-22(26)5)30(6)29(31)23-14-8-7-9-15-23/h7-21H,1-6H3/q+1. The van der Waals surface area contributed by atoms with E-state index in [9.17, 15) is 0 Å². The molecule has 0 saturated heterocycles. The van der Waals surface area contributed by atoms with Crippen LogP contribution < -0.4 is 4.57 Å². The second-order valence-corrected chi connectivity index (χ2v) is 9.04. The number of benzene rings is 3. The first-order chi connectivity index (χ1) is 14.9. The molecule has 0 radical (unpaired) electrons. The highest BCUT2D eigenvalue weighted by atomic mass is 15.2. The maximum atomic E-state index is 2.43. The quantitative estimate of drug-likeness (QED) is 0.308. The minimum Gasteiger partial charge on any atom is -0.225 e. The first kappa shape index (κ1) is 21.1. The minimum atomic E-state index is 0.437. The summed E-state index contributed by atoms with van der Waals surface area (Å²) in [5.74, 6) is 2.08. The molecule has 0 atom stereocenters. The average molecular weight is 410 g/mol. The summed E-state index contributed by atoms with van der Waals surface area (Å²) < 4.78 is 4.78. The molecule has 0 N–H and O–H groups in total. The number of para-hydroxylation sites is 1. The third kappa shape index (κ3) is 3.83. The molecular formula is C29H33N2+. The molecule has 4 aromatic rings. The number of hydrogen-bond donors (Lipinski definition) is 0. The SMILES string of the molecule is Cc1ccccc1-c1c[n+](-c2c(C(C)C)cccc2C(C)C)c(-c2ccccc2)n1C. The molecule has 3 aromatic carbocycles. The molecule has 0 fully saturated rings. The predicted molar refractivity (Wildman–Crippen MR) is 131 cm³/mol. The predicted octanol–water partition coefficient (Wildman–Crippen LogP) is 7.19. The summed E-state index contributed by atoms with van der Waals surface area (Å²) in [6.45, 7) is 11.3. The van der Waals surface area contributed by atoms with Crippen molar-refractivity contribution in [2.75, 3.05) is 0 Å². The molecule has 2 heteroatoms. The van der Waals surface area contributed by atoms with Gasteiger partial charge in [0.05, 0.1) is 12.6 Å². The van der Waals surface area contributed by atoms with Crippen molar-refractivity contribution in [1.29, 1.82) is 0 Å². The zero-order valence-electron chi connectivity index (χ0n) is 19.6. The topological polar surface area (TPSA) is 8.81 Å². The van der Waals surface area contributed by atoms with Gasteiger partial charge in [0.15, 0.2) is 5.69 Å². The van der Waals surface area contributed by atoms with Crippen LogP contribution in [-0.4, -0.2) is 4.57 Å². The van der Waals surface area contributed by atoms with E-state index in [1.165, 1.54) is 45.0 Å². The maximum absolute atomic E-state index is 2.43. The van der Waals surface area contributed by atoms with Gasteiger partial charge in [-0.05, 0) is 36.5 Å². The average Bonchev–Trinajstić information content (AvgIpc) is 3.10. The van der Waals surface area contributed by atoms with Crippen molar-refractivity contribution in [2.24, 2.45) is 7.05 Å². The molecule has 2 nitrogen and oxygen atoms in total. The largest absolute Gasteiger partial charge is 0.294 e.